The van der Waals surface area contributed by atoms with Crippen LogP contribution >= 0.6 is 22.9 Å². The molecule has 0 spiro atoms. The third-order valence-corrected chi connectivity index (χ3v) is 5.47. The lowest BCUT2D eigenvalue weighted by Crippen LogP contribution is -2.12. The molecule has 3 aromatic rings. The van der Waals surface area contributed by atoms with Crippen molar-refractivity contribution in [3.05, 3.63) is 64.5 Å². The normalized spacial score (nSPS) is 11.3. The fraction of sp³-hybridized carbons (Fsp3) is 0.0588. The Morgan fingerprint density at radius 3 is 2.64 bits per heavy atom. The van der Waals surface area contributed by atoms with Crippen LogP contribution in [-0.4, -0.2) is 25.6 Å². The van der Waals surface area contributed by atoms with E-state index in [1.54, 1.807) is 18.2 Å². The second-order valence-electron chi connectivity index (χ2n) is 5.30. The van der Waals surface area contributed by atoms with Crippen LogP contribution in [-0.2, 0) is 9.84 Å². The number of hydrogen-bond acceptors (Lipinski definition) is 5. The molecule has 0 fully saturated rings. The van der Waals surface area contributed by atoms with Gasteiger partial charge in [-0.1, -0.05) is 29.8 Å². The van der Waals surface area contributed by atoms with Crippen LogP contribution in [0.25, 0.3) is 11.3 Å². The summed E-state index contributed by atoms with van der Waals surface area (Å²) in [7, 11) is -3.37. The van der Waals surface area contributed by atoms with Crippen LogP contribution in [0.4, 0.5) is 5.13 Å². The number of nitrogens with one attached hydrogen (secondary N) is 1. The number of rotatable bonds is 4. The second-order valence-corrected chi connectivity index (χ2v) is 8.61. The molecule has 8 heteroatoms. The van der Waals surface area contributed by atoms with Crippen LogP contribution in [0.3, 0.4) is 0 Å². The monoisotopic (exact) mass is 392 g/mol. The van der Waals surface area contributed by atoms with E-state index in [2.05, 4.69) is 10.3 Å². The van der Waals surface area contributed by atoms with Crippen LogP contribution in [0, 0.1) is 0 Å². The van der Waals surface area contributed by atoms with Gasteiger partial charge in [-0.15, -0.1) is 11.3 Å². The topological polar surface area (TPSA) is 76.1 Å². The standard InChI is InChI=1S/C17H13ClN2O3S2/c1-25(22,23)14-7-3-5-12(9-14)16(21)20-17-19-15(10-24-17)11-4-2-6-13(18)8-11/h2-10H,1H3,(H,19,20,21). The molecular formula is C17H13ClN2O3S2. The minimum absolute atomic E-state index is 0.0962. The second kappa shape index (κ2) is 6.95. The number of benzene rings is 2. The highest BCUT2D eigenvalue weighted by molar-refractivity contribution is 7.90. The van der Waals surface area contributed by atoms with Crippen LogP contribution in [0.15, 0.2) is 58.8 Å². The Labute approximate surface area is 154 Å². The van der Waals surface area contributed by atoms with Crippen LogP contribution in [0.5, 0.6) is 0 Å². The molecular weight excluding hydrogens is 380 g/mol. The summed E-state index contributed by atoms with van der Waals surface area (Å²) in [6, 6.07) is 13.1. The highest BCUT2D eigenvalue weighted by atomic mass is 35.5. The van der Waals surface area contributed by atoms with Gasteiger partial charge in [-0.25, -0.2) is 13.4 Å². The lowest BCUT2D eigenvalue weighted by Gasteiger charge is -2.04. The summed E-state index contributed by atoms with van der Waals surface area (Å²) in [5, 5.41) is 5.52. The number of halogens is 1. The van der Waals surface area contributed by atoms with Crippen molar-refractivity contribution in [1.82, 2.24) is 4.98 Å². The molecule has 0 aliphatic heterocycles. The van der Waals surface area contributed by atoms with Gasteiger partial charge in [-0.3, -0.25) is 10.1 Å². The number of carbonyl (C=O) groups excluding carboxylic acids is 1. The molecule has 0 unspecified atom stereocenters. The minimum atomic E-state index is -3.37. The lowest BCUT2D eigenvalue weighted by atomic mass is 10.2. The zero-order valence-electron chi connectivity index (χ0n) is 13.1. The first-order chi connectivity index (χ1) is 11.8. The van der Waals surface area contributed by atoms with Crippen molar-refractivity contribution >= 4 is 43.8 Å². The molecule has 1 amide bonds. The Morgan fingerprint density at radius 2 is 1.92 bits per heavy atom. The molecule has 0 radical (unpaired) electrons. The predicted octanol–water partition coefficient (Wildman–Crippen LogP) is 4.12. The van der Waals surface area contributed by atoms with Crippen LogP contribution in [0.1, 0.15) is 10.4 Å². The molecule has 5 nitrogen and oxygen atoms in total. The van der Waals surface area contributed by atoms with E-state index in [1.165, 1.54) is 29.5 Å². The minimum Gasteiger partial charge on any atom is -0.298 e. The molecule has 1 N–H and O–H groups in total. The van der Waals surface area contributed by atoms with Crippen molar-refractivity contribution in [2.24, 2.45) is 0 Å². The largest absolute Gasteiger partial charge is 0.298 e. The van der Waals surface area contributed by atoms with Crippen molar-refractivity contribution in [2.45, 2.75) is 4.90 Å². The summed E-state index contributed by atoms with van der Waals surface area (Å²) in [4.78, 5) is 16.8. The summed E-state index contributed by atoms with van der Waals surface area (Å²) in [5.74, 6) is -0.419. The summed E-state index contributed by atoms with van der Waals surface area (Å²) >= 11 is 7.25. The van der Waals surface area contributed by atoms with Crippen LogP contribution in [0.2, 0.25) is 5.02 Å². The number of anilines is 1. The van der Waals surface area contributed by atoms with Crippen molar-refractivity contribution in [2.75, 3.05) is 11.6 Å². The van der Waals surface area contributed by atoms with Gasteiger partial charge in [0.05, 0.1) is 10.6 Å². The Bertz CT molecular complexity index is 1050. The first-order valence-electron chi connectivity index (χ1n) is 7.16. The Hall–Kier alpha value is -2.22. The average molecular weight is 393 g/mol. The van der Waals surface area contributed by atoms with E-state index in [9.17, 15) is 13.2 Å². The lowest BCUT2D eigenvalue weighted by molar-refractivity contribution is 0.102. The van der Waals surface area contributed by atoms with E-state index in [4.69, 9.17) is 11.6 Å². The smallest absolute Gasteiger partial charge is 0.257 e. The third kappa shape index (κ3) is 4.25. The molecule has 2 aromatic carbocycles. The average Bonchev–Trinajstić information content (AvgIpc) is 3.03. The third-order valence-electron chi connectivity index (χ3n) is 3.37. The highest BCUT2D eigenvalue weighted by Gasteiger charge is 2.13. The molecule has 25 heavy (non-hydrogen) atoms. The maximum absolute atomic E-state index is 12.3. The first kappa shape index (κ1) is 17.6. The fourth-order valence-corrected chi connectivity index (χ4v) is 3.72. The van der Waals surface area contributed by atoms with Crippen molar-refractivity contribution < 1.29 is 13.2 Å². The number of nitrogens with zero attached hydrogens (tertiary/aromatic N) is 1. The zero-order chi connectivity index (χ0) is 18.0. The van der Waals surface area contributed by atoms with E-state index in [-0.39, 0.29) is 10.5 Å². The van der Waals surface area contributed by atoms with E-state index >= 15 is 0 Å². The quantitative estimate of drug-likeness (QED) is 0.724. The molecule has 3 rings (SSSR count). The van der Waals surface area contributed by atoms with Gasteiger partial charge in [-0.05, 0) is 30.3 Å². The molecule has 1 heterocycles. The van der Waals surface area contributed by atoms with E-state index in [0.717, 1.165) is 11.8 Å². The fourth-order valence-electron chi connectivity index (χ4n) is 2.15. The summed E-state index contributed by atoms with van der Waals surface area (Å²) < 4.78 is 23.2. The Kier molecular flexibility index (Phi) is 4.89. The van der Waals surface area contributed by atoms with Gasteiger partial charge in [0, 0.05) is 27.8 Å². The van der Waals surface area contributed by atoms with Gasteiger partial charge < -0.3 is 0 Å². The molecule has 0 aliphatic rings. The molecule has 0 saturated carbocycles. The van der Waals surface area contributed by atoms with Gasteiger partial charge in [0.2, 0.25) is 0 Å². The summed E-state index contributed by atoms with van der Waals surface area (Å²) in [5.41, 5.74) is 1.80. The number of aromatic nitrogens is 1. The van der Waals surface area contributed by atoms with Gasteiger partial charge in [0.1, 0.15) is 0 Å². The van der Waals surface area contributed by atoms with Crippen molar-refractivity contribution in [3.63, 3.8) is 0 Å². The number of thiazole rings is 1. The molecule has 0 saturated heterocycles. The Morgan fingerprint density at radius 1 is 1.16 bits per heavy atom. The number of sulfone groups is 1. The SMILES string of the molecule is CS(=O)(=O)c1cccc(C(=O)Nc2nc(-c3cccc(Cl)c3)cs2)c1. The molecule has 1 aromatic heterocycles. The van der Waals surface area contributed by atoms with Gasteiger partial charge in [0.15, 0.2) is 15.0 Å². The van der Waals surface area contributed by atoms with Crippen molar-refractivity contribution in [3.8, 4) is 11.3 Å². The van der Waals surface area contributed by atoms with Gasteiger partial charge in [0.25, 0.3) is 5.91 Å². The van der Waals surface area contributed by atoms with E-state index in [0.29, 0.717) is 15.8 Å². The highest BCUT2D eigenvalue weighted by Crippen LogP contribution is 2.27. The maximum Gasteiger partial charge on any atom is 0.257 e. The van der Waals surface area contributed by atoms with E-state index < -0.39 is 15.7 Å². The summed E-state index contributed by atoms with van der Waals surface area (Å²) in [6.07, 6.45) is 1.10. The Balaban J connectivity index is 1.81. The maximum atomic E-state index is 12.3. The number of hydrogen-bond donors (Lipinski definition) is 1. The van der Waals surface area contributed by atoms with Crippen LogP contribution < -0.4 is 5.32 Å². The van der Waals surface area contributed by atoms with Gasteiger partial charge in [-0.2, -0.15) is 0 Å². The van der Waals surface area contributed by atoms with Crippen molar-refractivity contribution in [1.29, 1.82) is 0 Å². The number of carbonyl (C=O) groups is 1. The molecule has 128 valence electrons. The van der Waals surface area contributed by atoms with Gasteiger partial charge >= 0.3 is 0 Å². The molecule has 0 bridgehead atoms. The van der Waals surface area contributed by atoms with E-state index in [1.807, 2.05) is 17.5 Å². The number of amides is 1. The zero-order valence-corrected chi connectivity index (χ0v) is 15.5. The predicted molar refractivity (Wildman–Crippen MR) is 100 cm³/mol. The first-order valence-corrected chi connectivity index (χ1v) is 10.3. The summed E-state index contributed by atoms with van der Waals surface area (Å²) in [6.45, 7) is 0. The molecule has 0 atom stereocenters. The molecule has 0 aliphatic carbocycles.